The molecule has 0 atom stereocenters. The summed E-state index contributed by atoms with van der Waals surface area (Å²) < 4.78 is 22.4. The predicted molar refractivity (Wildman–Crippen MR) is 128 cm³/mol. The highest BCUT2D eigenvalue weighted by molar-refractivity contribution is 6.91. The van der Waals surface area contributed by atoms with Gasteiger partial charge in [-0.25, -0.2) is 0 Å². The Morgan fingerprint density at radius 2 is 1.81 bits per heavy atom. The summed E-state index contributed by atoms with van der Waals surface area (Å²) in [4.78, 5) is 12.8. The number of furan rings is 1. The fourth-order valence-corrected chi connectivity index (χ4v) is 8.06. The first-order valence-electron chi connectivity index (χ1n) is 10.4. The van der Waals surface area contributed by atoms with Crippen LogP contribution in [0.15, 0.2) is 40.8 Å². The van der Waals surface area contributed by atoms with Gasteiger partial charge >= 0.3 is 0 Å². The average molecular weight is 472 g/mol. The Labute approximate surface area is 193 Å². The molecule has 1 N–H and O–H groups in total. The second kappa shape index (κ2) is 8.56. The van der Waals surface area contributed by atoms with Crippen molar-refractivity contribution >= 4 is 36.5 Å². The van der Waals surface area contributed by atoms with E-state index in [0.29, 0.717) is 28.0 Å². The topological polar surface area (TPSA) is 69.9 Å². The van der Waals surface area contributed by atoms with Gasteiger partial charge in [-0.1, -0.05) is 35.9 Å². The molecule has 32 heavy (non-hydrogen) atoms. The maximum absolute atomic E-state index is 12.8. The van der Waals surface area contributed by atoms with Crippen LogP contribution in [0.25, 0.3) is 0 Å². The van der Waals surface area contributed by atoms with Gasteiger partial charge in [-0.2, -0.15) is 0 Å². The van der Waals surface area contributed by atoms with Crippen LogP contribution in [0, 0.1) is 6.92 Å². The number of nitrogens with one attached hydrogen (secondary N) is 1. The van der Waals surface area contributed by atoms with Crippen molar-refractivity contribution in [1.82, 2.24) is 0 Å². The largest absolute Gasteiger partial charge is 0.494 e. The lowest BCUT2D eigenvalue weighted by molar-refractivity contribution is 0.0991. The molecule has 1 aromatic heterocycles. The minimum absolute atomic E-state index is 0.0996. The Balaban J connectivity index is 1.59. The number of benzene rings is 2. The molecule has 1 amide bonds. The Morgan fingerprint density at radius 3 is 2.47 bits per heavy atom. The fraction of sp³-hybridized carbons (Fsp3) is 0.292. The minimum Gasteiger partial charge on any atom is -0.494 e. The summed E-state index contributed by atoms with van der Waals surface area (Å²) in [6, 6.07) is 11.5. The molecule has 168 valence electrons. The standard InChI is InChI=1S/C24H26ClNO5Si/c1-14-13-16(25)22(15-11-12-32(4,5)23(14)15)31-20-10-9-19(30-20)24(27)26-21-17(28-2)7-6-8-18(21)29-3/h6-10,13H,11-12H2,1-5H3,(H,26,27). The van der Waals surface area contributed by atoms with Gasteiger partial charge in [0.05, 0.1) is 27.3 Å². The van der Waals surface area contributed by atoms with Gasteiger partial charge in [0.15, 0.2) is 11.5 Å². The number of para-hydroxylation sites is 1. The molecule has 6 nitrogen and oxygen atoms in total. The number of aryl methyl sites for hydroxylation is 1. The number of amides is 1. The summed E-state index contributed by atoms with van der Waals surface area (Å²) in [7, 11) is 1.54. The van der Waals surface area contributed by atoms with Crippen molar-refractivity contribution in [3.8, 4) is 23.2 Å². The van der Waals surface area contributed by atoms with Gasteiger partial charge in [0.25, 0.3) is 11.9 Å². The molecule has 0 spiro atoms. The summed E-state index contributed by atoms with van der Waals surface area (Å²) in [5.41, 5.74) is 2.80. The molecule has 1 aliphatic rings. The SMILES string of the molecule is COc1cccc(OC)c1NC(=O)c1ccc(Oc2c(Cl)cc(C)c3c2CC[Si]3(C)C)o1. The molecule has 3 aromatic rings. The monoisotopic (exact) mass is 471 g/mol. The van der Waals surface area contributed by atoms with Crippen molar-refractivity contribution in [2.75, 3.05) is 19.5 Å². The number of hydrogen-bond donors (Lipinski definition) is 1. The lowest BCUT2D eigenvalue weighted by Gasteiger charge is -2.20. The third-order valence-corrected chi connectivity index (χ3v) is 9.71. The van der Waals surface area contributed by atoms with E-state index in [1.807, 2.05) is 6.07 Å². The Morgan fingerprint density at radius 1 is 1.12 bits per heavy atom. The zero-order chi connectivity index (χ0) is 23.0. The molecule has 4 rings (SSSR count). The van der Waals surface area contributed by atoms with Crippen LogP contribution in [0.4, 0.5) is 5.69 Å². The summed E-state index contributed by atoms with van der Waals surface area (Å²) in [6.07, 6.45) is 0.937. The van der Waals surface area contributed by atoms with Gasteiger partial charge in [0.1, 0.15) is 17.2 Å². The minimum atomic E-state index is -1.51. The number of rotatable bonds is 6. The lowest BCUT2D eigenvalue weighted by atomic mass is 10.1. The number of carbonyl (C=O) groups is 1. The van der Waals surface area contributed by atoms with Crippen LogP contribution in [0.5, 0.6) is 23.2 Å². The van der Waals surface area contributed by atoms with Crippen LogP contribution in [0.2, 0.25) is 24.2 Å². The van der Waals surface area contributed by atoms with Crippen molar-refractivity contribution in [2.24, 2.45) is 0 Å². The summed E-state index contributed by atoms with van der Waals surface area (Å²) in [5.74, 6) is 1.45. The second-order valence-corrected chi connectivity index (χ2v) is 13.6. The number of fused-ring (bicyclic) bond motifs is 1. The maximum Gasteiger partial charge on any atom is 0.291 e. The van der Waals surface area contributed by atoms with Gasteiger partial charge in [0, 0.05) is 6.07 Å². The quantitative estimate of drug-likeness (QED) is 0.462. The fourth-order valence-electron chi connectivity index (χ4n) is 4.42. The molecule has 8 heteroatoms. The molecule has 0 fully saturated rings. The van der Waals surface area contributed by atoms with E-state index in [1.54, 1.807) is 30.3 Å². The highest BCUT2D eigenvalue weighted by Gasteiger charge is 2.36. The first-order chi connectivity index (χ1) is 15.2. The van der Waals surface area contributed by atoms with Crippen molar-refractivity contribution in [1.29, 1.82) is 0 Å². The van der Waals surface area contributed by atoms with Crippen molar-refractivity contribution in [2.45, 2.75) is 32.5 Å². The molecule has 0 saturated heterocycles. The van der Waals surface area contributed by atoms with E-state index < -0.39 is 14.0 Å². The Bertz CT molecular complexity index is 1170. The molecule has 2 heterocycles. The van der Waals surface area contributed by atoms with Gasteiger partial charge in [-0.05, 0) is 54.8 Å². The first-order valence-corrected chi connectivity index (χ1v) is 14.0. The van der Waals surface area contributed by atoms with Crippen LogP contribution in [-0.2, 0) is 6.42 Å². The maximum atomic E-state index is 12.8. The molecule has 2 aromatic carbocycles. The third-order valence-electron chi connectivity index (χ3n) is 5.88. The van der Waals surface area contributed by atoms with Crippen molar-refractivity contribution < 1.29 is 23.4 Å². The van der Waals surface area contributed by atoms with E-state index in [1.165, 1.54) is 25.0 Å². The molecule has 0 bridgehead atoms. The number of halogens is 1. The molecule has 0 unspecified atom stereocenters. The number of hydrogen-bond acceptors (Lipinski definition) is 5. The zero-order valence-corrected chi connectivity index (χ0v) is 20.6. The molecule has 0 saturated carbocycles. The Kier molecular flexibility index (Phi) is 5.96. The third kappa shape index (κ3) is 3.98. The van der Waals surface area contributed by atoms with E-state index in [2.05, 4.69) is 25.3 Å². The zero-order valence-electron chi connectivity index (χ0n) is 18.8. The van der Waals surface area contributed by atoms with E-state index in [9.17, 15) is 4.79 Å². The summed E-state index contributed by atoms with van der Waals surface area (Å²) >= 11 is 6.54. The van der Waals surface area contributed by atoms with Crippen molar-refractivity contribution in [3.63, 3.8) is 0 Å². The number of anilines is 1. The van der Waals surface area contributed by atoms with E-state index >= 15 is 0 Å². The molecule has 1 aliphatic heterocycles. The van der Waals surface area contributed by atoms with Gasteiger partial charge in [0.2, 0.25) is 0 Å². The lowest BCUT2D eigenvalue weighted by Crippen LogP contribution is -2.39. The van der Waals surface area contributed by atoms with Gasteiger partial charge < -0.3 is 23.9 Å². The number of methoxy groups -OCH3 is 2. The summed E-state index contributed by atoms with van der Waals surface area (Å²) in [5, 5.41) is 4.74. The normalized spacial score (nSPS) is 14.1. The van der Waals surface area contributed by atoms with Gasteiger partial charge in [-0.3, -0.25) is 4.79 Å². The van der Waals surface area contributed by atoms with E-state index in [4.69, 9.17) is 30.2 Å². The van der Waals surface area contributed by atoms with Crippen LogP contribution in [-0.4, -0.2) is 28.2 Å². The van der Waals surface area contributed by atoms with E-state index in [0.717, 1.165) is 18.0 Å². The molecular formula is C24H26ClNO5Si. The second-order valence-electron chi connectivity index (χ2n) is 8.45. The highest BCUT2D eigenvalue weighted by atomic mass is 35.5. The van der Waals surface area contributed by atoms with E-state index in [-0.39, 0.29) is 11.7 Å². The smallest absolute Gasteiger partial charge is 0.291 e. The van der Waals surface area contributed by atoms with Crippen LogP contribution >= 0.6 is 11.6 Å². The number of ether oxygens (including phenoxy) is 3. The van der Waals surface area contributed by atoms with Crippen LogP contribution in [0.3, 0.4) is 0 Å². The molecule has 0 aliphatic carbocycles. The van der Waals surface area contributed by atoms with Crippen LogP contribution in [0.1, 0.15) is 21.7 Å². The number of carbonyl (C=O) groups excluding carboxylic acids is 1. The molecular weight excluding hydrogens is 446 g/mol. The average Bonchev–Trinajstić information content (AvgIpc) is 3.35. The van der Waals surface area contributed by atoms with Crippen LogP contribution < -0.4 is 24.7 Å². The summed E-state index contributed by atoms with van der Waals surface area (Å²) in [6.45, 7) is 6.84. The predicted octanol–water partition coefficient (Wildman–Crippen LogP) is 5.77. The highest BCUT2D eigenvalue weighted by Crippen LogP contribution is 2.40. The van der Waals surface area contributed by atoms with Gasteiger partial charge in [-0.15, -0.1) is 0 Å². The molecule has 0 radical (unpaired) electrons. The van der Waals surface area contributed by atoms with Crippen molar-refractivity contribution in [3.05, 3.63) is 58.3 Å². The first kappa shape index (κ1) is 22.3. The Hall–Kier alpha value is -2.90.